The minimum Gasteiger partial charge on any atom is -0.481 e. The van der Waals surface area contributed by atoms with Crippen molar-refractivity contribution in [3.8, 4) is 0 Å². The van der Waals surface area contributed by atoms with Gasteiger partial charge in [0.25, 0.3) is 47.8 Å². The zero-order chi connectivity index (χ0) is 30.6. The first-order valence-corrected chi connectivity index (χ1v) is 8.42. The zero-order valence-electron chi connectivity index (χ0n) is 20.8. The van der Waals surface area contributed by atoms with Gasteiger partial charge < -0.3 is 40.9 Å². The molecule has 16 heteroatoms. The maximum absolute atomic E-state index is 9.00. The van der Waals surface area contributed by atoms with E-state index < -0.39 is 47.8 Å². The van der Waals surface area contributed by atoms with Crippen LogP contribution in [0.15, 0.2) is 0 Å². The van der Waals surface area contributed by atoms with Gasteiger partial charge in [-0.1, -0.05) is 13.8 Å². The third kappa shape index (κ3) is 1110. The van der Waals surface area contributed by atoms with Crippen LogP contribution < -0.4 is 0 Å². The van der Waals surface area contributed by atoms with E-state index in [1.165, 1.54) is 0 Å². The molecule has 0 bridgehead atoms. The second-order valence-electron chi connectivity index (χ2n) is 4.15. The van der Waals surface area contributed by atoms with Crippen molar-refractivity contribution in [3.05, 3.63) is 0 Å². The van der Waals surface area contributed by atoms with E-state index in [1.54, 1.807) is 0 Å². The fraction of sp³-hybridized carbons (Fsp3) is 0.556. The van der Waals surface area contributed by atoms with Crippen LogP contribution in [0.3, 0.4) is 0 Å². The van der Waals surface area contributed by atoms with Gasteiger partial charge in [-0.25, -0.2) is 0 Å². The van der Waals surface area contributed by atoms with E-state index in [-0.39, 0.29) is 0 Å². The lowest BCUT2D eigenvalue weighted by atomic mass is 10.9. The van der Waals surface area contributed by atoms with Crippen molar-refractivity contribution in [1.82, 2.24) is 0 Å². The summed E-state index contributed by atoms with van der Waals surface area (Å²) in [6.07, 6.45) is 0. The molecule has 8 N–H and O–H groups in total. The summed E-state index contributed by atoms with van der Waals surface area (Å²) in [5.74, 6) is -6.67. The standard InChI is InChI=1S/8C2H4O2.C2H6/c8*1-2(3)4;1-2/h8*1H3,(H,3,4);1-2H3. The molecule has 0 aromatic heterocycles. The molecule has 0 atom stereocenters. The molecule has 0 aliphatic carbocycles. The Kier molecular flexibility index (Phi) is 95.4. The van der Waals surface area contributed by atoms with Gasteiger partial charge in [0.05, 0.1) is 0 Å². The first kappa shape index (κ1) is 57.1. The minimum atomic E-state index is -0.833. The molecule has 0 saturated heterocycles. The lowest BCUT2D eigenvalue weighted by Crippen LogP contribution is -1.78. The SMILES string of the molecule is CC.CC(=O)O.CC(=O)O.CC(=O)O.CC(=O)O.CC(=O)O.CC(=O)O.CC(=O)O.CC(=O)O. The number of hydrogen-bond acceptors (Lipinski definition) is 8. The lowest BCUT2D eigenvalue weighted by molar-refractivity contribution is -0.135. The molecule has 34 heavy (non-hydrogen) atoms. The molecule has 0 unspecified atom stereocenters. The summed E-state index contributed by atoms with van der Waals surface area (Å²) in [5.41, 5.74) is 0. The summed E-state index contributed by atoms with van der Waals surface area (Å²) in [6.45, 7) is 12.7. The van der Waals surface area contributed by atoms with Gasteiger partial charge in [-0.2, -0.15) is 0 Å². The van der Waals surface area contributed by atoms with E-state index in [2.05, 4.69) is 0 Å². The third-order valence-corrected chi connectivity index (χ3v) is 0. The Morgan fingerprint density at radius 2 is 0.265 bits per heavy atom. The summed E-state index contributed by atoms with van der Waals surface area (Å²) in [5, 5.41) is 59.3. The molecule has 0 aromatic rings. The molecule has 16 nitrogen and oxygen atoms in total. The summed E-state index contributed by atoms with van der Waals surface area (Å²) in [4.78, 5) is 72.0. The van der Waals surface area contributed by atoms with Crippen molar-refractivity contribution in [1.29, 1.82) is 0 Å². The second-order valence-corrected chi connectivity index (χ2v) is 4.15. The van der Waals surface area contributed by atoms with Gasteiger partial charge in [-0.3, -0.25) is 38.4 Å². The van der Waals surface area contributed by atoms with Gasteiger partial charge in [0.1, 0.15) is 0 Å². The highest BCUT2D eigenvalue weighted by atomic mass is 16.4. The second kappa shape index (κ2) is 56.8. The highest BCUT2D eigenvalue weighted by Crippen LogP contribution is 1.44. The molecule has 0 saturated carbocycles. The van der Waals surface area contributed by atoms with Crippen molar-refractivity contribution in [2.75, 3.05) is 0 Å². The number of hydrogen-bond donors (Lipinski definition) is 8. The Labute approximate surface area is 197 Å². The average Bonchev–Trinajstić information content (AvgIpc) is 2.43. The Morgan fingerprint density at radius 1 is 0.265 bits per heavy atom. The van der Waals surface area contributed by atoms with Crippen molar-refractivity contribution in [3.63, 3.8) is 0 Å². The Morgan fingerprint density at radius 3 is 0.265 bits per heavy atom. The fourth-order valence-corrected chi connectivity index (χ4v) is 0. The molecular weight excluding hydrogens is 472 g/mol. The van der Waals surface area contributed by atoms with Crippen LogP contribution in [0.25, 0.3) is 0 Å². The van der Waals surface area contributed by atoms with Crippen LogP contribution in [0.4, 0.5) is 0 Å². The van der Waals surface area contributed by atoms with Gasteiger partial charge in [-0.15, -0.1) is 0 Å². The van der Waals surface area contributed by atoms with E-state index in [1.807, 2.05) is 13.8 Å². The molecule has 0 aliphatic heterocycles. The molecule has 0 fully saturated rings. The summed E-state index contributed by atoms with van der Waals surface area (Å²) >= 11 is 0. The highest BCUT2D eigenvalue weighted by Gasteiger charge is 1.68. The Bertz CT molecular complexity index is 362. The van der Waals surface area contributed by atoms with Crippen LogP contribution in [0.1, 0.15) is 69.2 Å². The Balaban J connectivity index is -0.0000000297. The van der Waals surface area contributed by atoms with Gasteiger partial charge in [0, 0.05) is 55.4 Å². The van der Waals surface area contributed by atoms with E-state index >= 15 is 0 Å². The van der Waals surface area contributed by atoms with Crippen molar-refractivity contribution < 1.29 is 79.2 Å². The van der Waals surface area contributed by atoms with Crippen LogP contribution in [0, 0.1) is 0 Å². The van der Waals surface area contributed by atoms with Crippen LogP contribution >= 0.6 is 0 Å². The number of rotatable bonds is 0. The summed E-state index contributed by atoms with van der Waals surface area (Å²) in [7, 11) is 0. The highest BCUT2D eigenvalue weighted by molar-refractivity contribution is 5.64. The van der Waals surface area contributed by atoms with E-state index in [4.69, 9.17) is 79.2 Å². The number of aliphatic carboxylic acids is 8. The first-order chi connectivity index (χ1) is 14.9. The van der Waals surface area contributed by atoms with Crippen LogP contribution in [0.5, 0.6) is 0 Å². The molecule has 0 aliphatic rings. The molecule has 0 heterocycles. The van der Waals surface area contributed by atoms with Crippen LogP contribution in [-0.2, 0) is 38.4 Å². The molecule has 0 rings (SSSR count). The normalized spacial score (nSPS) is 6.06. The predicted octanol–water partition coefficient (Wildman–Crippen LogP) is 1.75. The number of carboxylic acid groups (broad SMARTS) is 8. The van der Waals surface area contributed by atoms with E-state index in [9.17, 15) is 0 Å². The summed E-state index contributed by atoms with van der Waals surface area (Å²) in [6, 6.07) is 0. The summed E-state index contributed by atoms with van der Waals surface area (Å²) < 4.78 is 0. The topological polar surface area (TPSA) is 298 Å². The van der Waals surface area contributed by atoms with Crippen LogP contribution in [-0.4, -0.2) is 88.6 Å². The van der Waals surface area contributed by atoms with Crippen molar-refractivity contribution in [2.24, 2.45) is 0 Å². The molecule has 206 valence electrons. The number of carbonyl (C=O) groups is 8. The molecule has 0 radical (unpaired) electrons. The maximum atomic E-state index is 9.00. The third-order valence-electron chi connectivity index (χ3n) is 0. The maximum Gasteiger partial charge on any atom is 0.300 e. The predicted molar refractivity (Wildman–Crippen MR) is 118 cm³/mol. The first-order valence-electron chi connectivity index (χ1n) is 8.42. The quantitative estimate of drug-likeness (QED) is 0.230. The molecule has 0 aromatic carbocycles. The lowest BCUT2D eigenvalue weighted by Gasteiger charge is -1.59. The van der Waals surface area contributed by atoms with E-state index in [0.717, 1.165) is 55.4 Å². The van der Waals surface area contributed by atoms with Crippen molar-refractivity contribution >= 4 is 47.8 Å². The van der Waals surface area contributed by atoms with Crippen LogP contribution in [0.2, 0.25) is 0 Å². The van der Waals surface area contributed by atoms with Gasteiger partial charge in [-0.05, 0) is 0 Å². The molecule has 0 spiro atoms. The Hall–Kier alpha value is -4.24. The fourth-order valence-electron chi connectivity index (χ4n) is 0. The van der Waals surface area contributed by atoms with E-state index in [0.29, 0.717) is 0 Å². The smallest absolute Gasteiger partial charge is 0.300 e. The van der Waals surface area contributed by atoms with Gasteiger partial charge >= 0.3 is 0 Å². The monoisotopic (exact) mass is 510 g/mol. The van der Waals surface area contributed by atoms with Crippen molar-refractivity contribution in [2.45, 2.75) is 69.2 Å². The van der Waals surface area contributed by atoms with Gasteiger partial charge in [0.2, 0.25) is 0 Å². The average molecular weight is 510 g/mol. The van der Waals surface area contributed by atoms with Gasteiger partial charge in [0.15, 0.2) is 0 Å². The largest absolute Gasteiger partial charge is 0.481 e. The zero-order valence-corrected chi connectivity index (χ0v) is 20.8. The number of carboxylic acids is 8. The molecule has 0 amide bonds. The minimum absolute atomic E-state index is 0.833. The molecular formula is C18H38O16.